The molecule has 0 aliphatic heterocycles. The third kappa shape index (κ3) is 5.55. The van der Waals surface area contributed by atoms with E-state index < -0.39 is 0 Å². The second-order valence-corrected chi connectivity index (χ2v) is 5.75. The average molecular weight is 301 g/mol. The van der Waals surface area contributed by atoms with Crippen molar-refractivity contribution in [2.24, 2.45) is 0 Å². The highest BCUT2D eigenvalue weighted by Crippen LogP contribution is 2.13. The van der Waals surface area contributed by atoms with Crippen molar-refractivity contribution < 1.29 is 4.79 Å². The molecule has 0 spiro atoms. The molecule has 0 aliphatic rings. The van der Waals surface area contributed by atoms with Crippen LogP contribution in [0.15, 0.2) is 41.6 Å². The minimum atomic E-state index is 0.0127. The minimum Gasteiger partial charge on any atom is -0.355 e. The Bertz CT molecular complexity index is 581. The van der Waals surface area contributed by atoms with Crippen molar-refractivity contribution >= 4 is 17.7 Å². The van der Waals surface area contributed by atoms with E-state index in [0.717, 1.165) is 17.8 Å². The van der Waals surface area contributed by atoms with Crippen LogP contribution in [0, 0.1) is 13.8 Å². The quantitative estimate of drug-likeness (QED) is 0.658. The monoisotopic (exact) mass is 301 g/mol. The first kappa shape index (κ1) is 15.5. The van der Waals surface area contributed by atoms with E-state index in [0.29, 0.717) is 17.5 Å². The van der Waals surface area contributed by atoms with Crippen molar-refractivity contribution in [1.82, 2.24) is 15.3 Å². The van der Waals surface area contributed by atoms with Gasteiger partial charge in [-0.15, -0.1) is 0 Å². The van der Waals surface area contributed by atoms with Gasteiger partial charge in [-0.3, -0.25) is 4.79 Å². The average Bonchev–Trinajstić information content (AvgIpc) is 2.45. The van der Waals surface area contributed by atoms with Gasteiger partial charge in [-0.05, 0) is 31.9 Å². The molecule has 0 bridgehead atoms. The number of carbonyl (C=O) groups excluding carboxylic acids is 1. The van der Waals surface area contributed by atoms with E-state index >= 15 is 0 Å². The fourth-order valence-electron chi connectivity index (χ4n) is 1.93. The first-order chi connectivity index (χ1) is 10.1. The van der Waals surface area contributed by atoms with Crippen molar-refractivity contribution in [2.45, 2.75) is 25.4 Å². The molecule has 1 N–H and O–H groups in total. The van der Waals surface area contributed by atoms with Gasteiger partial charge in [0.25, 0.3) is 0 Å². The Kier molecular flexibility index (Phi) is 5.75. The van der Waals surface area contributed by atoms with E-state index in [2.05, 4.69) is 27.4 Å². The summed E-state index contributed by atoms with van der Waals surface area (Å²) in [5, 5.41) is 3.57. The molecule has 2 aromatic rings. The second kappa shape index (κ2) is 7.78. The standard InChI is InChI=1S/C16H19N3OS/c1-12-10-13(2)19-16(18-12)21-11-15(20)17-9-8-14-6-4-3-5-7-14/h3-7,10H,8-9,11H2,1-2H3,(H,17,20). The van der Waals surface area contributed by atoms with E-state index in [1.54, 1.807) is 0 Å². The number of amides is 1. The highest BCUT2D eigenvalue weighted by atomic mass is 32.2. The van der Waals surface area contributed by atoms with Gasteiger partial charge < -0.3 is 5.32 Å². The molecule has 5 heteroatoms. The molecule has 0 saturated heterocycles. The van der Waals surface area contributed by atoms with E-state index in [9.17, 15) is 4.79 Å². The predicted octanol–water partition coefficient (Wildman–Crippen LogP) is 2.54. The maximum atomic E-state index is 11.8. The van der Waals surface area contributed by atoms with Gasteiger partial charge in [0.15, 0.2) is 5.16 Å². The molecular formula is C16H19N3OS. The van der Waals surface area contributed by atoms with Crippen LogP contribution in [0.1, 0.15) is 17.0 Å². The Morgan fingerprint density at radius 2 is 1.81 bits per heavy atom. The Hall–Kier alpha value is -1.88. The number of carbonyl (C=O) groups is 1. The number of hydrogen-bond donors (Lipinski definition) is 1. The zero-order valence-corrected chi connectivity index (χ0v) is 13.1. The number of aryl methyl sites for hydroxylation is 2. The van der Waals surface area contributed by atoms with Crippen molar-refractivity contribution in [1.29, 1.82) is 0 Å². The van der Waals surface area contributed by atoms with Crippen molar-refractivity contribution in [2.75, 3.05) is 12.3 Å². The topological polar surface area (TPSA) is 54.9 Å². The smallest absolute Gasteiger partial charge is 0.230 e. The number of benzene rings is 1. The zero-order chi connectivity index (χ0) is 15.1. The Labute approximate surface area is 129 Å². The molecule has 2 rings (SSSR count). The maximum Gasteiger partial charge on any atom is 0.230 e. The van der Waals surface area contributed by atoms with Crippen LogP contribution in [0.5, 0.6) is 0 Å². The first-order valence-electron chi connectivity index (χ1n) is 6.89. The molecule has 0 unspecified atom stereocenters. The summed E-state index contributed by atoms with van der Waals surface area (Å²) in [5.41, 5.74) is 3.08. The van der Waals surface area contributed by atoms with Gasteiger partial charge in [-0.1, -0.05) is 42.1 Å². The van der Waals surface area contributed by atoms with Crippen LogP contribution in [-0.4, -0.2) is 28.2 Å². The molecule has 0 aliphatic carbocycles. The van der Waals surface area contributed by atoms with E-state index in [-0.39, 0.29) is 5.91 Å². The van der Waals surface area contributed by atoms with Gasteiger partial charge in [0.05, 0.1) is 5.75 Å². The fraction of sp³-hybridized carbons (Fsp3) is 0.312. The summed E-state index contributed by atoms with van der Waals surface area (Å²) >= 11 is 1.37. The lowest BCUT2D eigenvalue weighted by atomic mass is 10.1. The molecule has 0 fully saturated rings. The molecular weight excluding hydrogens is 282 g/mol. The Morgan fingerprint density at radius 1 is 1.14 bits per heavy atom. The summed E-state index contributed by atoms with van der Waals surface area (Å²) < 4.78 is 0. The molecule has 1 heterocycles. The van der Waals surface area contributed by atoms with Gasteiger partial charge in [0, 0.05) is 17.9 Å². The number of nitrogens with one attached hydrogen (secondary N) is 1. The third-order valence-corrected chi connectivity index (χ3v) is 3.72. The number of thioether (sulfide) groups is 1. The van der Waals surface area contributed by atoms with Crippen LogP contribution in [-0.2, 0) is 11.2 Å². The SMILES string of the molecule is Cc1cc(C)nc(SCC(=O)NCCc2ccccc2)n1. The number of hydrogen-bond acceptors (Lipinski definition) is 4. The Morgan fingerprint density at radius 3 is 2.48 bits per heavy atom. The van der Waals surface area contributed by atoms with Gasteiger partial charge in [0.2, 0.25) is 5.91 Å². The van der Waals surface area contributed by atoms with Crippen molar-refractivity contribution in [3.05, 3.63) is 53.3 Å². The number of rotatable bonds is 6. The molecule has 4 nitrogen and oxygen atoms in total. The van der Waals surface area contributed by atoms with Crippen LogP contribution in [0.25, 0.3) is 0 Å². The molecule has 0 atom stereocenters. The lowest BCUT2D eigenvalue weighted by Crippen LogP contribution is -2.27. The zero-order valence-electron chi connectivity index (χ0n) is 12.3. The third-order valence-electron chi connectivity index (χ3n) is 2.87. The van der Waals surface area contributed by atoms with Gasteiger partial charge in [0.1, 0.15) is 0 Å². The van der Waals surface area contributed by atoms with E-state index in [1.807, 2.05) is 38.1 Å². The van der Waals surface area contributed by atoms with Crippen LogP contribution < -0.4 is 5.32 Å². The van der Waals surface area contributed by atoms with Crippen molar-refractivity contribution in [3.8, 4) is 0 Å². The molecule has 0 radical (unpaired) electrons. The van der Waals surface area contributed by atoms with Crippen molar-refractivity contribution in [3.63, 3.8) is 0 Å². The summed E-state index contributed by atoms with van der Waals surface area (Å²) in [6.45, 7) is 4.51. The summed E-state index contributed by atoms with van der Waals surface area (Å²) in [6.07, 6.45) is 0.845. The van der Waals surface area contributed by atoms with E-state index in [4.69, 9.17) is 0 Å². The largest absolute Gasteiger partial charge is 0.355 e. The maximum absolute atomic E-state index is 11.8. The predicted molar refractivity (Wildman–Crippen MR) is 85.4 cm³/mol. The minimum absolute atomic E-state index is 0.0127. The van der Waals surface area contributed by atoms with Crippen LogP contribution in [0.2, 0.25) is 0 Å². The summed E-state index contributed by atoms with van der Waals surface area (Å²) in [5.74, 6) is 0.358. The first-order valence-corrected chi connectivity index (χ1v) is 7.88. The van der Waals surface area contributed by atoms with Crippen LogP contribution >= 0.6 is 11.8 Å². The summed E-state index contributed by atoms with van der Waals surface area (Å²) in [7, 11) is 0. The van der Waals surface area contributed by atoms with Crippen LogP contribution in [0.4, 0.5) is 0 Å². The number of nitrogens with zero attached hydrogens (tertiary/aromatic N) is 2. The van der Waals surface area contributed by atoms with Gasteiger partial charge >= 0.3 is 0 Å². The highest BCUT2D eigenvalue weighted by Gasteiger charge is 2.05. The lowest BCUT2D eigenvalue weighted by molar-refractivity contribution is -0.118. The molecule has 1 aromatic carbocycles. The normalized spacial score (nSPS) is 10.4. The summed E-state index contributed by atoms with van der Waals surface area (Å²) in [4.78, 5) is 20.4. The second-order valence-electron chi connectivity index (χ2n) is 4.81. The summed E-state index contributed by atoms with van der Waals surface area (Å²) in [6, 6.07) is 12.0. The fourth-order valence-corrected chi connectivity index (χ4v) is 2.71. The molecule has 1 amide bonds. The molecule has 1 aromatic heterocycles. The molecule has 110 valence electrons. The highest BCUT2D eigenvalue weighted by molar-refractivity contribution is 7.99. The van der Waals surface area contributed by atoms with Crippen LogP contribution in [0.3, 0.4) is 0 Å². The van der Waals surface area contributed by atoms with E-state index in [1.165, 1.54) is 17.3 Å². The number of aromatic nitrogens is 2. The Balaban J connectivity index is 1.72. The molecule has 0 saturated carbocycles. The molecule has 21 heavy (non-hydrogen) atoms. The van der Waals surface area contributed by atoms with Gasteiger partial charge in [-0.25, -0.2) is 9.97 Å². The van der Waals surface area contributed by atoms with Gasteiger partial charge in [-0.2, -0.15) is 0 Å². The lowest BCUT2D eigenvalue weighted by Gasteiger charge is -2.05.